The molecule has 1 aliphatic rings. The van der Waals surface area contributed by atoms with Gasteiger partial charge in [0.25, 0.3) is 0 Å². The molecule has 1 N–H and O–H groups in total. The van der Waals surface area contributed by atoms with Crippen LogP contribution in [0.15, 0.2) is 11.0 Å². The molecule has 1 fully saturated rings. The monoisotopic (exact) mass is 272 g/mol. The first-order valence-corrected chi connectivity index (χ1v) is 6.75. The summed E-state index contributed by atoms with van der Waals surface area (Å²) in [6, 6.07) is 0. The van der Waals surface area contributed by atoms with Crippen molar-refractivity contribution in [1.29, 1.82) is 0 Å². The number of nitrogens with one attached hydrogen (secondary N) is 1. The summed E-state index contributed by atoms with van der Waals surface area (Å²) < 4.78 is 13.8. The third kappa shape index (κ3) is 2.84. The highest BCUT2D eigenvalue weighted by atomic mass is 32.2. The molecule has 0 spiro atoms. The van der Waals surface area contributed by atoms with Gasteiger partial charge in [-0.05, 0) is 32.9 Å². The van der Waals surface area contributed by atoms with Crippen molar-refractivity contribution in [3.05, 3.63) is 22.2 Å². The van der Waals surface area contributed by atoms with Gasteiger partial charge in [0.1, 0.15) is 0 Å². The van der Waals surface area contributed by atoms with Crippen molar-refractivity contribution in [2.45, 2.75) is 19.3 Å². The Labute approximate surface area is 110 Å². The van der Waals surface area contributed by atoms with Gasteiger partial charge in [-0.15, -0.1) is 3.89 Å². The summed E-state index contributed by atoms with van der Waals surface area (Å²) in [5, 5.41) is 3.05. The van der Waals surface area contributed by atoms with Gasteiger partial charge < -0.3 is 10.2 Å². The second kappa shape index (κ2) is 6.19. The standard InChI is InChI=1S/C11H17FN4OS/c1-13-5-2-4-9-8-16(18-12)11(17)10(14-9)15-6-3-7-15/h8,13H,2-7H2,1H3. The van der Waals surface area contributed by atoms with Crippen molar-refractivity contribution in [1.82, 2.24) is 14.3 Å². The fraction of sp³-hybridized carbons (Fsp3) is 0.636. The second-order valence-electron chi connectivity index (χ2n) is 4.30. The quantitative estimate of drug-likeness (QED) is 0.783. The Kier molecular flexibility index (Phi) is 4.60. The zero-order valence-corrected chi connectivity index (χ0v) is 11.2. The lowest BCUT2D eigenvalue weighted by Gasteiger charge is -2.31. The molecule has 1 aromatic rings. The van der Waals surface area contributed by atoms with Crippen LogP contribution >= 0.6 is 12.3 Å². The van der Waals surface area contributed by atoms with Crippen LogP contribution in [0.25, 0.3) is 0 Å². The van der Waals surface area contributed by atoms with Crippen LogP contribution in [0.3, 0.4) is 0 Å². The van der Waals surface area contributed by atoms with Crippen LogP contribution in [0.2, 0.25) is 0 Å². The first-order valence-electron chi connectivity index (χ1n) is 6.07. The van der Waals surface area contributed by atoms with Gasteiger partial charge in [-0.3, -0.25) is 4.79 Å². The Morgan fingerprint density at radius 1 is 1.56 bits per heavy atom. The van der Waals surface area contributed by atoms with Crippen molar-refractivity contribution in [3.63, 3.8) is 0 Å². The summed E-state index contributed by atoms with van der Waals surface area (Å²) in [6.07, 6.45) is 4.21. The molecule has 100 valence electrons. The third-order valence-corrected chi connectivity index (χ3v) is 3.42. The van der Waals surface area contributed by atoms with Gasteiger partial charge in [0.2, 0.25) is 0 Å². The average molecular weight is 272 g/mol. The van der Waals surface area contributed by atoms with Crippen molar-refractivity contribution >= 4 is 18.2 Å². The normalized spacial score (nSPS) is 14.7. The molecule has 0 amide bonds. The van der Waals surface area contributed by atoms with Gasteiger partial charge in [-0.25, -0.2) is 8.96 Å². The van der Waals surface area contributed by atoms with E-state index in [0.717, 1.165) is 48.6 Å². The summed E-state index contributed by atoms with van der Waals surface area (Å²) in [7, 11) is 1.89. The lowest BCUT2D eigenvalue weighted by Crippen LogP contribution is -2.42. The summed E-state index contributed by atoms with van der Waals surface area (Å²) >= 11 is -0.0632. The molecule has 0 saturated carbocycles. The first-order chi connectivity index (χ1) is 8.76. The molecule has 0 aromatic carbocycles. The van der Waals surface area contributed by atoms with E-state index in [1.54, 1.807) is 0 Å². The first kappa shape index (κ1) is 13.4. The van der Waals surface area contributed by atoms with Crippen molar-refractivity contribution in [2.75, 3.05) is 31.6 Å². The maximum atomic E-state index is 12.7. The molecule has 0 atom stereocenters. The molecule has 0 radical (unpaired) electrons. The minimum absolute atomic E-state index is 0.0632. The number of hydrogen-bond donors (Lipinski definition) is 1. The Bertz CT molecular complexity index is 461. The van der Waals surface area contributed by atoms with Crippen LogP contribution in [0.4, 0.5) is 9.70 Å². The summed E-state index contributed by atoms with van der Waals surface area (Å²) in [6.45, 7) is 2.54. The topological polar surface area (TPSA) is 50.2 Å². The number of aryl methyl sites for hydroxylation is 1. The Hall–Kier alpha value is -1.08. The van der Waals surface area contributed by atoms with E-state index in [9.17, 15) is 8.68 Å². The van der Waals surface area contributed by atoms with E-state index >= 15 is 0 Å². The van der Waals surface area contributed by atoms with Crippen LogP contribution in [0, 0.1) is 0 Å². The predicted octanol–water partition coefficient (Wildman–Crippen LogP) is 0.986. The predicted molar refractivity (Wildman–Crippen MR) is 71.7 cm³/mol. The molecule has 1 saturated heterocycles. The summed E-state index contributed by atoms with van der Waals surface area (Å²) in [5.41, 5.74) is 0.400. The molecule has 0 aliphatic carbocycles. The smallest absolute Gasteiger partial charge is 0.305 e. The van der Waals surface area contributed by atoms with E-state index in [0.29, 0.717) is 5.82 Å². The zero-order chi connectivity index (χ0) is 13.0. The molecular weight excluding hydrogens is 255 g/mol. The minimum Gasteiger partial charge on any atom is -0.352 e. The molecule has 2 heterocycles. The van der Waals surface area contributed by atoms with E-state index < -0.39 is 0 Å². The molecule has 1 aromatic heterocycles. The maximum Gasteiger partial charge on any atom is 0.305 e. The van der Waals surface area contributed by atoms with Crippen molar-refractivity contribution in [3.8, 4) is 0 Å². The molecular formula is C11H17FN4OS. The fourth-order valence-corrected chi connectivity index (χ4v) is 2.16. The van der Waals surface area contributed by atoms with Crippen molar-refractivity contribution in [2.24, 2.45) is 0 Å². The molecule has 5 nitrogen and oxygen atoms in total. The van der Waals surface area contributed by atoms with Gasteiger partial charge in [0.15, 0.2) is 18.2 Å². The number of hydrogen-bond acceptors (Lipinski definition) is 5. The van der Waals surface area contributed by atoms with Crippen LogP contribution in [-0.2, 0) is 6.42 Å². The van der Waals surface area contributed by atoms with Crippen LogP contribution in [0.5, 0.6) is 0 Å². The van der Waals surface area contributed by atoms with Crippen molar-refractivity contribution < 1.29 is 3.89 Å². The van der Waals surface area contributed by atoms with E-state index in [1.807, 2.05) is 11.9 Å². The lowest BCUT2D eigenvalue weighted by atomic mass is 10.2. The van der Waals surface area contributed by atoms with Gasteiger partial charge >= 0.3 is 5.56 Å². The zero-order valence-electron chi connectivity index (χ0n) is 10.4. The molecule has 2 rings (SSSR count). The molecule has 18 heavy (non-hydrogen) atoms. The van der Waals surface area contributed by atoms with Crippen LogP contribution in [-0.4, -0.2) is 35.6 Å². The lowest BCUT2D eigenvalue weighted by molar-refractivity contribution is 0.601. The highest BCUT2D eigenvalue weighted by Gasteiger charge is 2.21. The number of aromatic nitrogens is 2. The molecule has 0 bridgehead atoms. The van der Waals surface area contributed by atoms with Gasteiger partial charge in [-0.2, -0.15) is 0 Å². The van der Waals surface area contributed by atoms with E-state index in [2.05, 4.69) is 10.3 Å². The van der Waals surface area contributed by atoms with Crippen LogP contribution in [0.1, 0.15) is 18.5 Å². The van der Waals surface area contributed by atoms with Gasteiger partial charge in [-0.1, -0.05) is 0 Å². The minimum atomic E-state index is -0.362. The number of anilines is 1. The van der Waals surface area contributed by atoms with Crippen LogP contribution < -0.4 is 15.8 Å². The van der Waals surface area contributed by atoms with Gasteiger partial charge in [0, 0.05) is 19.3 Å². The van der Waals surface area contributed by atoms with Gasteiger partial charge in [0.05, 0.1) is 5.69 Å². The fourth-order valence-electron chi connectivity index (χ4n) is 1.86. The molecule has 0 unspecified atom stereocenters. The highest BCUT2D eigenvalue weighted by Crippen LogP contribution is 2.16. The average Bonchev–Trinajstić information content (AvgIpc) is 2.31. The summed E-state index contributed by atoms with van der Waals surface area (Å²) in [4.78, 5) is 18.2. The second-order valence-corrected chi connectivity index (χ2v) is 4.83. The van der Waals surface area contributed by atoms with E-state index in [1.165, 1.54) is 6.20 Å². The Morgan fingerprint density at radius 3 is 2.89 bits per heavy atom. The Morgan fingerprint density at radius 2 is 2.33 bits per heavy atom. The number of rotatable bonds is 6. The summed E-state index contributed by atoms with van der Waals surface area (Å²) in [5.74, 6) is 0.383. The third-order valence-electron chi connectivity index (χ3n) is 3.00. The molecule has 1 aliphatic heterocycles. The number of nitrogens with zero attached hydrogens (tertiary/aromatic N) is 3. The SMILES string of the molecule is CNCCCc1cn(SF)c(=O)c(N2CCC2)n1. The van der Waals surface area contributed by atoms with E-state index in [-0.39, 0.29) is 17.9 Å². The molecule has 7 heteroatoms. The Balaban J connectivity index is 2.21. The van der Waals surface area contributed by atoms with E-state index in [4.69, 9.17) is 0 Å². The highest BCUT2D eigenvalue weighted by molar-refractivity contribution is 7.92. The maximum absolute atomic E-state index is 12.7. The largest absolute Gasteiger partial charge is 0.352 e. The number of halogens is 1.